The van der Waals surface area contributed by atoms with Crippen LogP contribution in [0.4, 0.5) is 5.69 Å². The van der Waals surface area contributed by atoms with Gasteiger partial charge in [-0.15, -0.1) is 0 Å². The smallest absolute Gasteiger partial charge is 0.262 e. The summed E-state index contributed by atoms with van der Waals surface area (Å²) in [6.45, 7) is 0.248. The van der Waals surface area contributed by atoms with Crippen LogP contribution >= 0.6 is 0 Å². The van der Waals surface area contributed by atoms with Crippen molar-refractivity contribution in [2.45, 2.75) is 13.0 Å². The monoisotopic (exact) mass is 434 g/mol. The molecule has 0 saturated carbocycles. The number of rotatable bonds is 6. The zero-order chi connectivity index (χ0) is 22.6. The first-order valence-electron chi connectivity index (χ1n) is 10.8. The molecule has 0 bridgehead atoms. The summed E-state index contributed by atoms with van der Waals surface area (Å²) in [5.41, 5.74) is 3.97. The van der Waals surface area contributed by atoms with Crippen LogP contribution in [0.25, 0.3) is 28.0 Å². The van der Waals surface area contributed by atoms with Crippen molar-refractivity contribution < 1.29 is 4.79 Å². The highest BCUT2D eigenvalue weighted by molar-refractivity contribution is 5.90. The summed E-state index contributed by atoms with van der Waals surface area (Å²) in [4.78, 5) is 30.3. The molecule has 0 unspecified atom stereocenters. The predicted octanol–water partition coefficient (Wildman–Crippen LogP) is 4.88. The number of fused-ring (bicyclic) bond motifs is 1. The van der Waals surface area contributed by atoms with E-state index in [9.17, 15) is 9.59 Å². The standard InChI is InChI=1S/C27H22N4O2/c32-25(29-21-12-6-2-7-13-21)16-17-30-19-28-26-23(27(30)33)18-24(20-10-4-1-5-11-20)31(26)22-14-8-3-9-15-22/h1-15,18-19H,16-17H2,(H,29,32). The maximum Gasteiger partial charge on any atom is 0.262 e. The number of anilines is 1. The number of nitrogens with zero attached hydrogens (tertiary/aromatic N) is 3. The lowest BCUT2D eigenvalue weighted by molar-refractivity contribution is -0.116. The van der Waals surface area contributed by atoms with Gasteiger partial charge in [0.1, 0.15) is 0 Å². The first-order chi connectivity index (χ1) is 16.2. The number of para-hydroxylation sites is 2. The van der Waals surface area contributed by atoms with Crippen molar-refractivity contribution in [1.29, 1.82) is 0 Å². The summed E-state index contributed by atoms with van der Waals surface area (Å²) < 4.78 is 3.50. The number of amides is 1. The average molecular weight is 434 g/mol. The second kappa shape index (κ2) is 8.96. The number of aryl methyl sites for hydroxylation is 1. The molecule has 0 fully saturated rings. The third-order valence-electron chi connectivity index (χ3n) is 5.51. The van der Waals surface area contributed by atoms with Gasteiger partial charge in [0.2, 0.25) is 5.91 Å². The summed E-state index contributed by atoms with van der Waals surface area (Å²) >= 11 is 0. The maximum atomic E-state index is 13.3. The number of nitrogens with one attached hydrogen (secondary N) is 1. The van der Waals surface area contributed by atoms with Crippen molar-refractivity contribution in [3.63, 3.8) is 0 Å². The van der Waals surface area contributed by atoms with Crippen molar-refractivity contribution in [3.05, 3.63) is 114 Å². The summed E-state index contributed by atoms with van der Waals surface area (Å²) in [5.74, 6) is -0.153. The Labute approximate surface area is 190 Å². The Kier molecular flexibility index (Phi) is 5.55. The lowest BCUT2D eigenvalue weighted by Gasteiger charge is -2.11. The van der Waals surface area contributed by atoms with Gasteiger partial charge in [-0.25, -0.2) is 4.98 Å². The van der Waals surface area contributed by atoms with Crippen LogP contribution in [0.3, 0.4) is 0 Å². The lowest BCUT2D eigenvalue weighted by atomic mass is 10.1. The van der Waals surface area contributed by atoms with E-state index in [4.69, 9.17) is 0 Å². The minimum Gasteiger partial charge on any atom is -0.326 e. The van der Waals surface area contributed by atoms with Crippen LogP contribution in [-0.2, 0) is 11.3 Å². The molecule has 0 radical (unpaired) electrons. The van der Waals surface area contributed by atoms with Gasteiger partial charge >= 0.3 is 0 Å². The highest BCUT2D eigenvalue weighted by Gasteiger charge is 2.17. The zero-order valence-corrected chi connectivity index (χ0v) is 17.9. The molecule has 162 valence electrons. The van der Waals surface area contributed by atoms with Crippen molar-refractivity contribution in [2.75, 3.05) is 5.32 Å². The van der Waals surface area contributed by atoms with E-state index in [0.29, 0.717) is 11.0 Å². The number of hydrogen-bond acceptors (Lipinski definition) is 3. The second-order valence-electron chi connectivity index (χ2n) is 7.71. The van der Waals surface area contributed by atoms with Gasteiger partial charge in [-0.1, -0.05) is 66.7 Å². The SMILES string of the molecule is O=C(CCn1cnc2c(cc(-c3ccccc3)n2-c2ccccc2)c1=O)Nc1ccccc1. The van der Waals surface area contributed by atoms with E-state index in [1.807, 2.05) is 102 Å². The molecule has 2 heterocycles. The van der Waals surface area contributed by atoms with Gasteiger partial charge in [-0.2, -0.15) is 0 Å². The molecule has 0 spiro atoms. The molecule has 5 rings (SSSR count). The van der Waals surface area contributed by atoms with E-state index >= 15 is 0 Å². The molecule has 0 saturated heterocycles. The molecule has 0 aliphatic heterocycles. The Morgan fingerprint density at radius 3 is 2.18 bits per heavy atom. The number of hydrogen-bond donors (Lipinski definition) is 1. The number of carbonyl (C=O) groups excluding carboxylic acids is 1. The van der Waals surface area contributed by atoms with E-state index < -0.39 is 0 Å². The molecule has 2 aromatic heterocycles. The van der Waals surface area contributed by atoms with Gasteiger partial charge in [-0.3, -0.25) is 18.7 Å². The molecular formula is C27H22N4O2. The molecule has 33 heavy (non-hydrogen) atoms. The molecule has 0 aliphatic rings. The van der Waals surface area contributed by atoms with Crippen LogP contribution in [0.1, 0.15) is 6.42 Å². The predicted molar refractivity (Wildman–Crippen MR) is 130 cm³/mol. The van der Waals surface area contributed by atoms with Crippen LogP contribution in [0, 0.1) is 0 Å². The molecule has 1 N–H and O–H groups in total. The van der Waals surface area contributed by atoms with Crippen molar-refractivity contribution in [2.24, 2.45) is 0 Å². The minimum absolute atomic E-state index is 0.153. The highest BCUT2D eigenvalue weighted by Crippen LogP contribution is 2.29. The van der Waals surface area contributed by atoms with Crippen LogP contribution in [0.5, 0.6) is 0 Å². The fraction of sp³-hybridized carbons (Fsp3) is 0.0741. The number of benzene rings is 3. The molecular weight excluding hydrogens is 412 g/mol. The average Bonchev–Trinajstić information content (AvgIpc) is 3.26. The first kappa shape index (κ1) is 20.5. The fourth-order valence-corrected chi connectivity index (χ4v) is 3.90. The van der Waals surface area contributed by atoms with Crippen molar-refractivity contribution >= 4 is 22.6 Å². The Balaban J connectivity index is 1.50. The van der Waals surface area contributed by atoms with Crippen molar-refractivity contribution in [1.82, 2.24) is 14.1 Å². The highest BCUT2D eigenvalue weighted by atomic mass is 16.2. The first-order valence-corrected chi connectivity index (χ1v) is 10.8. The van der Waals surface area contributed by atoms with Crippen LogP contribution in [0.15, 0.2) is 108 Å². The second-order valence-corrected chi connectivity index (χ2v) is 7.71. The molecule has 6 nitrogen and oxygen atoms in total. The zero-order valence-electron chi connectivity index (χ0n) is 17.9. The molecule has 6 heteroatoms. The van der Waals surface area contributed by atoms with Crippen LogP contribution in [0.2, 0.25) is 0 Å². The van der Waals surface area contributed by atoms with Gasteiger partial charge < -0.3 is 5.32 Å². The fourth-order valence-electron chi connectivity index (χ4n) is 3.90. The molecule has 3 aromatic carbocycles. The lowest BCUT2D eigenvalue weighted by Crippen LogP contribution is -2.23. The Morgan fingerprint density at radius 1 is 0.848 bits per heavy atom. The topological polar surface area (TPSA) is 68.9 Å². The third-order valence-corrected chi connectivity index (χ3v) is 5.51. The van der Waals surface area contributed by atoms with Gasteiger partial charge in [0.15, 0.2) is 5.65 Å². The maximum absolute atomic E-state index is 13.3. The van der Waals surface area contributed by atoms with Gasteiger partial charge in [0.05, 0.1) is 17.4 Å². The molecule has 5 aromatic rings. The quantitative estimate of drug-likeness (QED) is 0.414. The van der Waals surface area contributed by atoms with Gasteiger partial charge in [0.25, 0.3) is 5.56 Å². The Bertz CT molecular complexity index is 1460. The summed E-state index contributed by atoms with van der Waals surface area (Å²) in [6, 6.07) is 30.9. The summed E-state index contributed by atoms with van der Waals surface area (Å²) in [6.07, 6.45) is 1.70. The number of aromatic nitrogens is 3. The van der Waals surface area contributed by atoms with Crippen LogP contribution < -0.4 is 10.9 Å². The number of carbonyl (C=O) groups is 1. The molecule has 0 aliphatic carbocycles. The van der Waals surface area contributed by atoms with Gasteiger partial charge in [-0.05, 0) is 35.9 Å². The summed E-state index contributed by atoms with van der Waals surface area (Å²) in [5, 5.41) is 3.36. The van der Waals surface area contributed by atoms with E-state index in [1.54, 1.807) is 0 Å². The molecule has 1 amide bonds. The van der Waals surface area contributed by atoms with Crippen molar-refractivity contribution in [3.8, 4) is 16.9 Å². The normalized spacial score (nSPS) is 10.9. The van der Waals surface area contributed by atoms with E-state index in [-0.39, 0.29) is 24.4 Å². The van der Waals surface area contributed by atoms with E-state index in [2.05, 4.69) is 10.3 Å². The molecule has 0 atom stereocenters. The van der Waals surface area contributed by atoms with Gasteiger partial charge in [0, 0.05) is 24.3 Å². The Morgan fingerprint density at radius 2 is 1.48 bits per heavy atom. The van der Waals surface area contributed by atoms with E-state index in [1.165, 1.54) is 10.9 Å². The third kappa shape index (κ3) is 4.19. The van der Waals surface area contributed by atoms with Crippen LogP contribution in [-0.4, -0.2) is 20.0 Å². The largest absolute Gasteiger partial charge is 0.326 e. The Hall–Kier alpha value is -4.45. The minimum atomic E-state index is -0.167. The van der Waals surface area contributed by atoms with E-state index in [0.717, 1.165) is 22.6 Å². The summed E-state index contributed by atoms with van der Waals surface area (Å²) in [7, 11) is 0.